The third kappa shape index (κ3) is 3.78. The van der Waals surface area contributed by atoms with Crippen LogP contribution in [0, 0.1) is 0 Å². The van der Waals surface area contributed by atoms with E-state index in [2.05, 4.69) is 83.2 Å². The highest BCUT2D eigenvalue weighted by Gasteiger charge is 2.36. The number of hydrogen-bond donors (Lipinski definition) is 0. The smallest absolute Gasteiger partial charge is 0.0713 e. The summed E-state index contributed by atoms with van der Waals surface area (Å²) in [4.78, 5) is 0. The second-order valence-corrected chi connectivity index (χ2v) is 9.03. The van der Waals surface area contributed by atoms with Crippen LogP contribution in [-0.4, -0.2) is 7.11 Å². The monoisotopic (exact) mass is 348 g/mol. The average molecular weight is 349 g/mol. The molecule has 1 aliphatic rings. The van der Waals surface area contributed by atoms with E-state index < -0.39 is 0 Å². The second kappa shape index (κ2) is 7.04. The van der Waals surface area contributed by atoms with Crippen LogP contribution in [0.2, 0.25) is 0 Å². The summed E-state index contributed by atoms with van der Waals surface area (Å²) in [5.74, 6) is 0. The molecule has 2 aromatic carbocycles. The summed E-state index contributed by atoms with van der Waals surface area (Å²) in [6.07, 6.45) is 4.79. The molecule has 0 unspecified atom stereocenters. The van der Waals surface area contributed by atoms with Crippen LogP contribution in [0.5, 0.6) is 0 Å². The van der Waals surface area contributed by atoms with Gasteiger partial charge in [0, 0.05) is 7.11 Å². The van der Waals surface area contributed by atoms with Crippen LogP contribution in [0.4, 0.5) is 0 Å². The molecule has 138 valence electrons. The lowest BCUT2D eigenvalue weighted by Gasteiger charge is -2.42. The summed E-state index contributed by atoms with van der Waals surface area (Å²) >= 11 is 0. The number of ether oxygens (including phenoxy) is 1. The number of allylic oxidation sites excluding steroid dienone is 1. The fourth-order valence-corrected chi connectivity index (χ4v) is 4.04. The molecule has 0 bridgehead atoms. The van der Waals surface area contributed by atoms with Gasteiger partial charge < -0.3 is 4.74 Å². The Labute approximate surface area is 159 Å². The number of methoxy groups -OCH3 is 1. The van der Waals surface area contributed by atoms with Gasteiger partial charge in [0.1, 0.15) is 0 Å². The topological polar surface area (TPSA) is 9.23 Å². The minimum absolute atomic E-state index is 0.253. The van der Waals surface area contributed by atoms with E-state index in [0.29, 0.717) is 6.61 Å². The van der Waals surface area contributed by atoms with Gasteiger partial charge in [-0.2, -0.15) is 0 Å². The normalized spacial score (nSPS) is 18.5. The zero-order chi connectivity index (χ0) is 18.9. The number of hydrogen-bond acceptors (Lipinski definition) is 1. The molecule has 1 heteroatoms. The van der Waals surface area contributed by atoms with Crippen molar-refractivity contribution < 1.29 is 4.74 Å². The van der Waals surface area contributed by atoms with E-state index in [-0.39, 0.29) is 10.8 Å². The molecule has 0 saturated carbocycles. The molecule has 0 amide bonds. The minimum Gasteiger partial charge on any atom is -0.380 e. The molecule has 0 atom stereocenters. The first-order valence-electron chi connectivity index (χ1n) is 9.64. The Morgan fingerprint density at radius 1 is 0.923 bits per heavy atom. The molecule has 0 saturated heterocycles. The lowest BCUT2D eigenvalue weighted by atomic mass is 9.63. The van der Waals surface area contributed by atoms with Gasteiger partial charge in [0.15, 0.2) is 0 Å². The maximum Gasteiger partial charge on any atom is 0.0713 e. The number of benzene rings is 2. The highest BCUT2D eigenvalue weighted by Crippen LogP contribution is 2.46. The molecule has 3 rings (SSSR count). The van der Waals surface area contributed by atoms with E-state index >= 15 is 0 Å². The van der Waals surface area contributed by atoms with E-state index in [1.807, 2.05) is 0 Å². The van der Waals surface area contributed by atoms with Crippen molar-refractivity contribution in [2.45, 2.75) is 64.9 Å². The quantitative estimate of drug-likeness (QED) is 0.556. The molecule has 0 spiro atoms. The van der Waals surface area contributed by atoms with E-state index in [4.69, 9.17) is 4.74 Å². The summed E-state index contributed by atoms with van der Waals surface area (Å²) in [6, 6.07) is 15.7. The first kappa shape index (κ1) is 18.9. The van der Waals surface area contributed by atoms with Crippen LogP contribution in [0.25, 0.3) is 11.6 Å². The fourth-order valence-electron chi connectivity index (χ4n) is 4.04. The fraction of sp³-hybridized carbons (Fsp3) is 0.440. The molecule has 26 heavy (non-hydrogen) atoms. The van der Waals surface area contributed by atoms with Crippen LogP contribution in [0.3, 0.4) is 0 Å². The van der Waals surface area contributed by atoms with Gasteiger partial charge >= 0.3 is 0 Å². The summed E-state index contributed by atoms with van der Waals surface area (Å²) in [7, 11) is 1.73. The Bertz CT molecular complexity index is 807. The standard InChI is InChI=1S/C25H32O/c1-18(15-19-7-9-20(10-8-19)17-26-6)21-11-12-22-23(16-21)25(4,5)14-13-24(22,2)3/h7-12,15-16H,13-14,17H2,1-6H3. The van der Waals surface area contributed by atoms with Gasteiger partial charge in [0.25, 0.3) is 0 Å². The van der Waals surface area contributed by atoms with E-state index in [1.54, 1.807) is 7.11 Å². The molecule has 0 aromatic heterocycles. The van der Waals surface area contributed by atoms with Crippen molar-refractivity contribution in [2.75, 3.05) is 7.11 Å². The first-order chi connectivity index (χ1) is 12.2. The highest BCUT2D eigenvalue weighted by molar-refractivity contribution is 5.80. The van der Waals surface area contributed by atoms with Crippen LogP contribution in [0.1, 0.15) is 75.3 Å². The van der Waals surface area contributed by atoms with E-state index in [1.165, 1.54) is 46.2 Å². The van der Waals surface area contributed by atoms with E-state index in [9.17, 15) is 0 Å². The summed E-state index contributed by atoms with van der Waals surface area (Å²) in [5, 5.41) is 0. The van der Waals surface area contributed by atoms with Gasteiger partial charge in [-0.05, 0) is 64.0 Å². The minimum atomic E-state index is 0.253. The molecular weight excluding hydrogens is 316 g/mol. The van der Waals surface area contributed by atoms with Crippen molar-refractivity contribution in [3.05, 3.63) is 70.3 Å². The van der Waals surface area contributed by atoms with Crippen molar-refractivity contribution in [3.63, 3.8) is 0 Å². The second-order valence-electron chi connectivity index (χ2n) is 9.03. The maximum atomic E-state index is 5.19. The summed E-state index contributed by atoms with van der Waals surface area (Å²) < 4.78 is 5.19. The van der Waals surface area contributed by atoms with Gasteiger partial charge in [-0.3, -0.25) is 0 Å². The predicted octanol–water partition coefficient (Wildman–Crippen LogP) is 6.74. The maximum absolute atomic E-state index is 5.19. The van der Waals surface area contributed by atoms with Crippen molar-refractivity contribution in [1.82, 2.24) is 0 Å². The Hall–Kier alpha value is -1.86. The first-order valence-corrected chi connectivity index (χ1v) is 9.64. The van der Waals surface area contributed by atoms with Crippen LogP contribution in [-0.2, 0) is 22.2 Å². The zero-order valence-electron chi connectivity index (χ0n) is 17.1. The van der Waals surface area contributed by atoms with Crippen molar-refractivity contribution in [3.8, 4) is 0 Å². The largest absolute Gasteiger partial charge is 0.380 e. The molecular formula is C25H32O. The molecule has 0 fully saturated rings. The van der Waals surface area contributed by atoms with Gasteiger partial charge in [-0.15, -0.1) is 0 Å². The molecule has 1 nitrogen and oxygen atoms in total. The van der Waals surface area contributed by atoms with Crippen LogP contribution < -0.4 is 0 Å². The Morgan fingerprint density at radius 3 is 2.15 bits per heavy atom. The Kier molecular flexibility index (Phi) is 5.12. The number of fused-ring (bicyclic) bond motifs is 1. The van der Waals surface area contributed by atoms with Crippen molar-refractivity contribution in [2.24, 2.45) is 0 Å². The molecule has 2 aromatic rings. The van der Waals surface area contributed by atoms with E-state index in [0.717, 1.165) is 0 Å². The van der Waals surface area contributed by atoms with Gasteiger partial charge in [0.2, 0.25) is 0 Å². The zero-order valence-corrected chi connectivity index (χ0v) is 17.1. The molecule has 0 aliphatic heterocycles. The molecule has 1 aliphatic carbocycles. The summed E-state index contributed by atoms with van der Waals surface area (Å²) in [6.45, 7) is 12.4. The molecule has 0 radical (unpaired) electrons. The predicted molar refractivity (Wildman–Crippen MR) is 112 cm³/mol. The Morgan fingerprint density at radius 2 is 1.54 bits per heavy atom. The van der Waals surface area contributed by atoms with Gasteiger partial charge in [0.05, 0.1) is 6.61 Å². The Balaban J connectivity index is 1.94. The van der Waals surface area contributed by atoms with Crippen molar-refractivity contribution in [1.29, 1.82) is 0 Å². The number of rotatable bonds is 4. The SMILES string of the molecule is COCc1ccc(C=C(C)c2ccc3c(c2)C(C)(C)CCC3(C)C)cc1. The highest BCUT2D eigenvalue weighted by atomic mass is 16.5. The van der Waals surface area contributed by atoms with Gasteiger partial charge in [-0.25, -0.2) is 0 Å². The summed E-state index contributed by atoms with van der Waals surface area (Å²) in [5.41, 5.74) is 8.66. The van der Waals surface area contributed by atoms with Crippen molar-refractivity contribution >= 4 is 11.6 Å². The van der Waals surface area contributed by atoms with Crippen LogP contribution in [0.15, 0.2) is 42.5 Å². The third-order valence-corrected chi connectivity index (χ3v) is 5.98. The van der Waals surface area contributed by atoms with Gasteiger partial charge in [-0.1, -0.05) is 76.2 Å². The lowest BCUT2D eigenvalue weighted by molar-refractivity contribution is 0.185. The lowest BCUT2D eigenvalue weighted by Crippen LogP contribution is -2.33. The molecule has 0 heterocycles. The third-order valence-electron chi connectivity index (χ3n) is 5.98. The van der Waals surface area contributed by atoms with Crippen LogP contribution >= 0.6 is 0 Å². The average Bonchev–Trinajstić information content (AvgIpc) is 2.61. The molecule has 0 N–H and O–H groups in total.